The van der Waals surface area contributed by atoms with Crippen molar-refractivity contribution in [3.8, 4) is 0 Å². The summed E-state index contributed by atoms with van der Waals surface area (Å²) in [5, 5.41) is 0. The molecule has 0 aromatic rings. The van der Waals surface area contributed by atoms with Crippen molar-refractivity contribution in [2.24, 2.45) is 5.41 Å². The summed E-state index contributed by atoms with van der Waals surface area (Å²) in [6.45, 7) is 6.50. The molecule has 8 heavy (non-hydrogen) atoms. The summed E-state index contributed by atoms with van der Waals surface area (Å²) in [7, 11) is 0. The third-order valence-electron chi connectivity index (χ3n) is 1.53. The Kier molecular flexibility index (Phi) is 3.02. The van der Waals surface area contributed by atoms with Gasteiger partial charge in [-0.25, -0.2) is 0 Å². The van der Waals surface area contributed by atoms with E-state index in [-0.39, 0.29) is 0 Å². The molecular formula is C6H18N2+2. The highest BCUT2D eigenvalue weighted by atomic mass is 14.6. The van der Waals surface area contributed by atoms with E-state index in [1.165, 1.54) is 6.42 Å². The largest absolute Gasteiger partial charge is 0.358 e. The van der Waals surface area contributed by atoms with Crippen molar-refractivity contribution < 1.29 is 11.5 Å². The van der Waals surface area contributed by atoms with E-state index in [2.05, 4.69) is 25.3 Å². The van der Waals surface area contributed by atoms with Crippen LogP contribution in [0.3, 0.4) is 0 Å². The number of hydrogen-bond acceptors (Lipinski definition) is 0. The van der Waals surface area contributed by atoms with Crippen LogP contribution in [0.2, 0.25) is 0 Å². The van der Waals surface area contributed by atoms with Gasteiger partial charge < -0.3 is 11.5 Å². The molecule has 0 aliphatic rings. The standard InChI is InChI=1S/C6H16N2/c1-6(2,5-8)3-4-7/h3-5,7-8H2,1-2H3/p+2. The lowest BCUT2D eigenvalue weighted by atomic mass is 9.90. The molecule has 6 N–H and O–H groups in total. The topological polar surface area (TPSA) is 55.3 Å². The molecule has 0 unspecified atom stereocenters. The van der Waals surface area contributed by atoms with Gasteiger partial charge in [0.25, 0.3) is 0 Å². The number of hydrogen-bond donors (Lipinski definition) is 2. The van der Waals surface area contributed by atoms with E-state index >= 15 is 0 Å². The minimum Gasteiger partial charge on any atom is -0.358 e. The molecule has 2 nitrogen and oxygen atoms in total. The van der Waals surface area contributed by atoms with Crippen molar-refractivity contribution in [1.82, 2.24) is 0 Å². The Morgan fingerprint density at radius 1 is 1.25 bits per heavy atom. The first-order chi connectivity index (χ1) is 3.62. The van der Waals surface area contributed by atoms with E-state index in [1.807, 2.05) is 0 Å². The molecule has 0 radical (unpaired) electrons. The lowest BCUT2D eigenvalue weighted by molar-refractivity contribution is -0.405. The van der Waals surface area contributed by atoms with Gasteiger partial charge in [0.05, 0.1) is 13.1 Å². The lowest BCUT2D eigenvalue weighted by Gasteiger charge is -2.16. The Bertz CT molecular complexity index is 59.5. The smallest absolute Gasteiger partial charge is 0.0793 e. The average Bonchev–Trinajstić information content (AvgIpc) is 1.67. The maximum Gasteiger partial charge on any atom is 0.0793 e. The van der Waals surface area contributed by atoms with Gasteiger partial charge in [-0.1, -0.05) is 13.8 Å². The first kappa shape index (κ1) is 7.92. The number of rotatable bonds is 3. The monoisotopic (exact) mass is 118 g/mol. The molecule has 50 valence electrons. The SMILES string of the molecule is CC(C)(C[NH3+])CC[NH3+]. The zero-order valence-corrected chi connectivity index (χ0v) is 6.04. The molecule has 0 spiro atoms. The molecule has 0 rings (SSSR count). The van der Waals surface area contributed by atoms with Gasteiger partial charge in [0, 0.05) is 11.8 Å². The Morgan fingerprint density at radius 2 is 1.75 bits per heavy atom. The third kappa shape index (κ3) is 2.99. The average molecular weight is 118 g/mol. The molecule has 0 atom stereocenters. The summed E-state index contributed by atoms with van der Waals surface area (Å²) in [6.07, 6.45) is 1.19. The van der Waals surface area contributed by atoms with E-state index in [4.69, 9.17) is 0 Å². The quantitative estimate of drug-likeness (QED) is 0.472. The van der Waals surface area contributed by atoms with E-state index in [1.54, 1.807) is 0 Å². The Hall–Kier alpha value is -0.0800. The van der Waals surface area contributed by atoms with Crippen molar-refractivity contribution in [1.29, 1.82) is 0 Å². The maximum atomic E-state index is 3.85. The number of quaternary nitrogens is 2. The van der Waals surface area contributed by atoms with Crippen LogP contribution in [0.1, 0.15) is 20.3 Å². The molecule has 0 bridgehead atoms. The van der Waals surface area contributed by atoms with Crippen LogP contribution in [0.4, 0.5) is 0 Å². The second-order valence-corrected chi connectivity index (χ2v) is 3.02. The highest BCUT2D eigenvalue weighted by Crippen LogP contribution is 2.14. The van der Waals surface area contributed by atoms with Crippen molar-refractivity contribution >= 4 is 0 Å². The van der Waals surface area contributed by atoms with Crippen molar-refractivity contribution in [2.75, 3.05) is 13.1 Å². The predicted molar refractivity (Wildman–Crippen MR) is 33.9 cm³/mol. The first-order valence-corrected chi connectivity index (χ1v) is 3.21. The van der Waals surface area contributed by atoms with Crippen LogP contribution < -0.4 is 11.5 Å². The summed E-state index contributed by atoms with van der Waals surface area (Å²) >= 11 is 0. The summed E-state index contributed by atoms with van der Waals surface area (Å²) in [5.41, 5.74) is 8.06. The van der Waals surface area contributed by atoms with Gasteiger partial charge in [0.1, 0.15) is 0 Å². The van der Waals surface area contributed by atoms with Gasteiger partial charge in [0.2, 0.25) is 0 Å². The van der Waals surface area contributed by atoms with Crippen LogP contribution in [0.15, 0.2) is 0 Å². The van der Waals surface area contributed by atoms with Gasteiger partial charge in [-0.3, -0.25) is 0 Å². The predicted octanol–water partition coefficient (Wildman–Crippen LogP) is -1.11. The van der Waals surface area contributed by atoms with E-state index < -0.39 is 0 Å². The van der Waals surface area contributed by atoms with Gasteiger partial charge in [0.15, 0.2) is 0 Å². The highest BCUT2D eigenvalue weighted by Gasteiger charge is 2.16. The molecule has 0 saturated carbocycles. The Labute approximate surface area is 51.2 Å². The van der Waals surface area contributed by atoms with Crippen LogP contribution in [0.5, 0.6) is 0 Å². The molecular weight excluding hydrogens is 100 g/mol. The zero-order valence-electron chi connectivity index (χ0n) is 6.04. The molecule has 0 aliphatic carbocycles. The minimum absolute atomic E-state index is 0.418. The van der Waals surface area contributed by atoms with Gasteiger partial charge in [-0.05, 0) is 0 Å². The van der Waals surface area contributed by atoms with Gasteiger partial charge >= 0.3 is 0 Å². The first-order valence-electron chi connectivity index (χ1n) is 3.21. The minimum atomic E-state index is 0.418. The summed E-state index contributed by atoms with van der Waals surface area (Å²) in [5.74, 6) is 0. The normalized spacial score (nSPS) is 12.0. The molecule has 0 fully saturated rings. The van der Waals surface area contributed by atoms with Crippen LogP contribution >= 0.6 is 0 Å². The van der Waals surface area contributed by atoms with Crippen LogP contribution in [0.25, 0.3) is 0 Å². The Morgan fingerprint density at radius 3 is 1.88 bits per heavy atom. The zero-order chi connectivity index (χ0) is 6.62. The van der Waals surface area contributed by atoms with Crippen molar-refractivity contribution in [2.45, 2.75) is 20.3 Å². The fraction of sp³-hybridized carbons (Fsp3) is 1.00. The van der Waals surface area contributed by atoms with E-state index in [0.717, 1.165) is 13.1 Å². The molecule has 0 aromatic carbocycles. The second kappa shape index (κ2) is 3.05. The fourth-order valence-corrected chi connectivity index (χ4v) is 0.604. The van der Waals surface area contributed by atoms with Crippen molar-refractivity contribution in [3.05, 3.63) is 0 Å². The van der Waals surface area contributed by atoms with Gasteiger partial charge in [-0.2, -0.15) is 0 Å². The van der Waals surface area contributed by atoms with E-state index in [9.17, 15) is 0 Å². The van der Waals surface area contributed by atoms with E-state index in [0.29, 0.717) is 5.41 Å². The molecule has 0 heterocycles. The highest BCUT2D eigenvalue weighted by molar-refractivity contribution is 4.63. The van der Waals surface area contributed by atoms with Crippen LogP contribution in [-0.4, -0.2) is 13.1 Å². The molecule has 2 heteroatoms. The molecule has 0 saturated heterocycles. The van der Waals surface area contributed by atoms with Crippen molar-refractivity contribution in [3.63, 3.8) is 0 Å². The van der Waals surface area contributed by atoms with Crippen LogP contribution in [-0.2, 0) is 0 Å². The fourth-order valence-electron chi connectivity index (χ4n) is 0.604. The lowest BCUT2D eigenvalue weighted by Crippen LogP contribution is -2.59. The maximum absolute atomic E-state index is 3.85. The summed E-state index contributed by atoms with van der Waals surface area (Å²) in [6, 6.07) is 0. The summed E-state index contributed by atoms with van der Waals surface area (Å²) in [4.78, 5) is 0. The van der Waals surface area contributed by atoms with Crippen LogP contribution in [0, 0.1) is 5.41 Å². The second-order valence-electron chi connectivity index (χ2n) is 3.02. The summed E-state index contributed by atoms with van der Waals surface area (Å²) < 4.78 is 0. The third-order valence-corrected chi connectivity index (χ3v) is 1.53. The molecule has 0 aliphatic heterocycles. The Balaban J connectivity index is 3.37. The molecule has 0 aromatic heterocycles. The molecule has 0 amide bonds. The van der Waals surface area contributed by atoms with Gasteiger partial charge in [-0.15, -0.1) is 0 Å².